The van der Waals surface area contributed by atoms with Gasteiger partial charge in [0.1, 0.15) is 6.61 Å². The molecule has 0 aliphatic rings. The van der Waals surface area contributed by atoms with E-state index in [1.54, 1.807) is 13.2 Å². The number of carbonyl (C=O) groups is 1. The van der Waals surface area contributed by atoms with Crippen molar-refractivity contribution in [2.45, 2.75) is 73.1 Å². The van der Waals surface area contributed by atoms with Crippen LogP contribution in [0.4, 0.5) is 0 Å². The molecule has 1 unspecified atom stereocenters. The molecule has 0 aromatic heterocycles. The zero-order valence-corrected chi connectivity index (χ0v) is 20.9. The molecule has 0 saturated heterocycles. The Balaban J connectivity index is 2.59. The fourth-order valence-electron chi connectivity index (χ4n) is 3.18. The van der Waals surface area contributed by atoms with Crippen LogP contribution < -0.4 is 9.47 Å². The van der Waals surface area contributed by atoms with Gasteiger partial charge in [-0.2, -0.15) is 0 Å². The van der Waals surface area contributed by atoms with E-state index >= 15 is 0 Å². The van der Waals surface area contributed by atoms with Gasteiger partial charge < -0.3 is 14.2 Å². The lowest BCUT2D eigenvalue weighted by Gasteiger charge is -2.13. The summed E-state index contributed by atoms with van der Waals surface area (Å²) in [5, 5.41) is 0. The smallest absolute Gasteiger partial charge is 0.330 e. The summed E-state index contributed by atoms with van der Waals surface area (Å²) < 4.78 is 16.8. The van der Waals surface area contributed by atoms with Crippen LogP contribution >= 0.6 is 0 Å². The van der Waals surface area contributed by atoms with Crippen molar-refractivity contribution in [1.29, 1.82) is 0 Å². The minimum absolute atomic E-state index is 0.312. The lowest BCUT2D eigenvalue weighted by Crippen LogP contribution is -2.12. The molecule has 0 saturated carbocycles. The first-order valence-corrected chi connectivity index (χ1v) is 11.8. The van der Waals surface area contributed by atoms with E-state index in [4.69, 9.17) is 14.2 Å². The number of carbonyl (C=O) groups excluding carboxylic acids is 1. The number of ether oxygens (including phenoxy) is 3. The third-order valence-electron chi connectivity index (χ3n) is 5.37. The van der Waals surface area contributed by atoms with Crippen LogP contribution in [0.3, 0.4) is 0 Å². The number of methoxy groups -OCH3 is 1. The Kier molecular flexibility index (Phi) is 13.9. The van der Waals surface area contributed by atoms with Gasteiger partial charge in [0.25, 0.3) is 0 Å². The molecule has 4 heteroatoms. The Morgan fingerprint density at radius 3 is 2.53 bits per heavy atom. The molecule has 0 fully saturated rings. The van der Waals surface area contributed by atoms with Crippen LogP contribution in [0.1, 0.15) is 78.7 Å². The number of benzene rings is 1. The fraction of sp³-hybridized carbons (Fsp3) is 0.536. The third-order valence-corrected chi connectivity index (χ3v) is 5.37. The van der Waals surface area contributed by atoms with Crippen LogP contribution in [-0.2, 0) is 9.53 Å². The molecule has 1 rings (SSSR count). The summed E-state index contributed by atoms with van der Waals surface area (Å²) in [7, 11) is 1.62. The SMILES string of the molecule is CCCCC(CC)COC(=O)/C=C/c1ccc(OC/C=C(\C)CCC=C(C)C)c(OC)c1. The van der Waals surface area contributed by atoms with E-state index in [0.717, 1.165) is 37.7 Å². The molecule has 0 radical (unpaired) electrons. The van der Waals surface area contributed by atoms with Gasteiger partial charge in [0.05, 0.1) is 13.7 Å². The highest BCUT2D eigenvalue weighted by Gasteiger charge is 2.09. The van der Waals surface area contributed by atoms with Gasteiger partial charge in [-0.3, -0.25) is 0 Å². The fourth-order valence-corrected chi connectivity index (χ4v) is 3.18. The third kappa shape index (κ3) is 11.8. The van der Waals surface area contributed by atoms with E-state index in [2.05, 4.69) is 46.8 Å². The summed E-state index contributed by atoms with van der Waals surface area (Å²) in [6, 6.07) is 5.64. The van der Waals surface area contributed by atoms with Gasteiger partial charge in [-0.15, -0.1) is 0 Å². The zero-order valence-electron chi connectivity index (χ0n) is 20.9. The first kappa shape index (κ1) is 27.5. The standard InChI is InChI=1S/C28H42O4/c1-7-9-13-24(8-2)21-32-28(29)17-15-25-14-16-26(27(20-25)30-6)31-19-18-23(5)12-10-11-22(3)4/h11,14-18,20,24H,7-10,12-13,19,21H2,1-6H3/b17-15+,23-18+. The molecule has 0 heterocycles. The van der Waals surface area contributed by atoms with Gasteiger partial charge in [-0.1, -0.05) is 56.4 Å². The van der Waals surface area contributed by atoms with Gasteiger partial charge in [0.15, 0.2) is 11.5 Å². The minimum atomic E-state index is -0.312. The zero-order chi connectivity index (χ0) is 23.8. The lowest BCUT2D eigenvalue weighted by molar-refractivity contribution is -0.139. The molecule has 0 amide bonds. The highest BCUT2D eigenvalue weighted by atomic mass is 16.5. The summed E-state index contributed by atoms with van der Waals surface area (Å²) in [5.41, 5.74) is 3.51. The minimum Gasteiger partial charge on any atom is -0.493 e. The number of hydrogen-bond acceptors (Lipinski definition) is 4. The number of allylic oxidation sites excluding steroid dienone is 3. The van der Waals surface area contributed by atoms with Gasteiger partial charge in [-0.25, -0.2) is 4.79 Å². The molecule has 0 aliphatic heterocycles. The molecule has 0 bridgehead atoms. The maximum Gasteiger partial charge on any atom is 0.330 e. The monoisotopic (exact) mass is 442 g/mol. The molecule has 178 valence electrons. The van der Waals surface area contributed by atoms with Gasteiger partial charge in [0.2, 0.25) is 0 Å². The number of rotatable bonds is 15. The predicted octanol–water partition coefficient (Wildman–Crippen LogP) is 7.54. The van der Waals surface area contributed by atoms with Gasteiger partial charge in [-0.05, 0) is 75.8 Å². The van der Waals surface area contributed by atoms with Gasteiger partial charge >= 0.3 is 5.97 Å². The molecule has 0 aliphatic carbocycles. The van der Waals surface area contributed by atoms with Crippen LogP contribution in [0.15, 0.2) is 47.6 Å². The second-order valence-corrected chi connectivity index (χ2v) is 8.47. The van der Waals surface area contributed by atoms with Crippen molar-refractivity contribution in [3.05, 3.63) is 53.1 Å². The quantitative estimate of drug-likeness (QED) is 0.160. The lowest BCUT2D eigenvalue weighted by atomic mass is 10.0. The number of esters is 1. The van der Waals surface area contributed by atoms with Crippen molar-refractivity contribution < 1.29 is 19.0 Å². The van der Waals surface area contributed by atoms with E-state index in [0.29, 0.717) is 30.6 Å². The maximum absolute atomic E-state index is 12.1. The van der Waals surface area contributed by atoms with Crippen molar-refractivity contribution in [2.24, 2.45) is 5.92 Å². The summed E-state index contributed by atoms with van der Waals surface area (Å²) in [6.45, 7) is 11.7. The summed E-state index contributed by atoms with van der Waals surface area (Å²) in [6.07, 6.45) is 14.1. The van der Waals surface area contributed by atoms with E-state index in [1.807, 2.05) is 18.2 Å². The van der Waals surface area contributed by atoms with Crippen LogP contribution in [0.5, 0.6) is 11.5 Å². The van der Waals surface area contributed by atoms with Gasteiger partial charge in [0, 0.05) is 6.08 Å². The van der Waals surface area contributed by atoms with Crippen molar-refractivity contribution in [3.63, 3.8) is 0 Å². The molecule has 4 nitrogen and oxygen atoms in total. The van der Waals surface area contributed by atoms with Crippen LogP contribution in [0.2, 0.25) is 0 Å². The normalized spacial score (nSPS) is 12.5. The Labute approximate surface area is 195 Å². The average Bonchev–Trinajstić information content (AvgIpc) is 2.78. The second-order valence-electron chi connectivity index (χ2n) is 8.47. The second kappa shape index (κ2) is 16.2. The van der Waals surface area contributed by atoms with Crippen LogP contribution in [0.25, 0.3) is 6.08 Å². The van der Waals surface area contributed by atoms with Crippen molar-refractivity contribution >= 4 is 12.0 Å². The first-order chi connectivity index (χ1) is 15.4. The Morgan fingerprint density at radius 2 is 1.88 bits per heavy atom. The Morgan fingerprint density at radius 1 is 1.09 bits per heavy atom. The van der Waals surface area contributed by atoms with E-state index in [-0.39, 0.29) is 5.97 Å². The van der Waals surface area contributed by atoms with E-state index in [9.17, 15) is 4.79 Å². The molecular formula is C28H42O4. The topological polar surface area (TPSA) is 44.8 Å². The first-order valence-electron chi connectivity index (χ1n) is 11.8. The average molecular weight is 443 g/mol. The van der Waals surface area contributed by atoms with Crippen molar-refractivity contribution in [2.75, 3.05) is 20.3 Å². The predicted molar refractivity (Wildman–Crippen MR) is 134 cm³/mol. The summed E-state index contributed by atoms with van der Waals surface area (Å²) >= 11 is 0. The number of hydrogen-bond donors (Lipinski definition) is 0. The maximum atomic E-state index is 12.1. The largest absolute Gasteiger partial charge is 0.493 e. The van der Waals surface area contributed by atoms with E-state index < -0.39 is 0 Å². The van der Waals surface area contributed by atoms with Crippen LogP contribution in [-0.4, -0.2) is 26.3 Å². The molecular weight excluding hydrogens is 400 g/mol. The highest BCUT2D eigenvalue weighted by molar-refractivity contribution is 5.87. The molecule has 1 aromatic rings. The molecule has 1 atom stereocenters. The molecule has 0 spiro atoms. The van der Waals surface area contributed by atoms with Crippen molar-refractivity contribution in [3.8, 4) is 11.5 Å². The summed E-state index contributed by atoms with van der Waals surface area (Å²) in [5.74, 6) is 1.45. The number of unbranched alkanes of at least 4 members (excludes halogenated alkanes) is 1. The molecule has 0 N–H and O–H groups in total. The highest BCUT2D eigenvalue weighted by Crippen LogP contribution is 2.28. The van der Waals surface area contributed by atoms with Crippen molar-refractivity contribution in [1.82, 2.24) is 0 Å². The summed E-state index contributed by atoms with van der Waals surface area (Å²) in [4.78, 5) is 12.1. The van der Waals surface area contributed by atoms with Crippen LogP contribution in [0, 0.1) is 5.92 Å². The Hall–Kier alpha value is -2.49. The Bertz CT molecular complexity index is 770. The molecule has 32 heavy (non-hydrogen) atoms. The van der Waals surface area contributed by atoms with E-state index in [1.165, 1.54) is 23.6 Å². The molecule has 1 aromatic carbocycles.